The van der Waals surface area contributed by atoms with Crippen molar-refractivity contribution >= 4 is 17.5 Å². The van der Waals surface area contributed by atoms with Crippen LogP contribution in [0.25, 0.3) is 0 Å². The Morgan fingerprint density at radius 3 is 2.74 bits per heavy atom. The molecule has 3 rings (SSSR count). The van der Waals surface area contributed by atoms with Crippen LogP contribution in [0.15, 0.2) is 30.5 Å². The lowest BCUT2D eigenvalue weighted by atomic mass is 10.2. The molecule has 0 bridgehead atoms. The van der Waals surface area contributed by atoms with E-state index < -0.39 is 0 Å². The molecule has 1 saturated heterocycles. The van der Waals surface area contributed by atoms with Gasteiger partial charge in [0.15, 0.2) is 11.5 Å². The Balaban J connectivity index is 1.62. The van der Waals surface area contributed by atoms with E-state index in [0.29, 0.717) is 19.2 Å². The first-order valence-electron chi connectivity index (χ1n) is 9.68. The van der Waals surface area contributed by atoms with Crippen LogP contribution >= 0.6 is 0 Å². The Labute approximate surface area is 161 Å². The van der Waals surface area contributed by atoms with Crippen molar-refractivity contribution in [3.05, 3.63) is 30.5 Å². The normalized spacial score (nSPS) is 14.1. The smallest absolute Gasteiger partial charge is 0.229 e. The van der Waals surface area contributed by atoms with Crippen molar-refractivity contribution in [1.82, 2.24) is 14.9 Å². The van der Waals surface area contributed by atoms with Crippen molar-refractivity contribution in [3.63, 3.8) is 0 Å². The first kappa shape index (κ1) is 19.2. The molecule has 1 aromatic carbocycles. The average molecular weight is 371 g/mol. The van der Waals surface area contributed by atoms with Gasteiger partial charge in [-0.15, -0.1) is 0 Å². The van der Waals surface area contributed by atoms with Crippen molar-refractivity contribution in [2.75, 3.05) is 50.5 Å². The van der Waals surface area contributed by atoms with Crippen LogP contribution in [-0.2, 0) is 0 Å². The lowest BCUT2D eigenvalue weighted by Crippen LogP contribution is -2.22. The molecule has 7 nitrogen and oxygen atoms in total. The molecule has 0 unspecified atom stereocenters. The van der Waals surface area contributed by atoms with Crippen molar-refractivity contribution < 1.29 is 9.47 Å². The van der Waals surface area contributed by atoms with Crippen LogP contribution in [0, 0.1) is 0 Å². The fraction of sp³-hybridized carbons (Fsp3) is 0.500. The molecule has 0 spiro atoms. The van der Waals surface area contributed by atoms with Gasteiger partial charge in [-0.25, -0.2) is 4.98 Å². The number of likely N-dealkylation sites (tertiary alicyclic amines) is 1. The molecule has 146 valence electrons. The van der Waals surface area contributed by atoms with E-state index >= 15 is 0 Å². The fourth-order valence-electron chi connectivity index (χ4n) is 3.14. The van der Waals surface area contributed by atoms with Gasteiger partial charge in [0.2, 0.25) is 5.95 Å². The Morgan fingerprint density at radius 1 is 1.11 bits per heavy atom. The van der Waals surface area contributed by atoms with Gasteiger partial charge >= 0.3 is 0 Å². The van der Waals surface area contributed by atoms with Crippen molar-refractivity contribution in [3.8, 4) is 11.5 Å². The number of anilines is 3. The molecule has 27 heavy (non-hydrogen) atoms. The van der Waals surface area contributed by atoms with Gasteiger partial charge in [0.1, 0.15) is 5.82 Å². The van der Waals surface area contributed by atoms with E-state index in [1.165, 1.54) is 25.9 Å². The SMILES string of the molecule is CCOc1ccc(Nc2nccc(NC)n2)cc1OCCCN1CCCC1. The van der Waals surface area contributed by atoms with E-state index in [0.717, 1.165) is 36.0 Å². The summed E-state index contributed by atoms with van der Waals surface area (Å²) < 4.78 is 11.7. The van der Waals surface area contributed by atoms with Crippen LogP contribution in [0.4, 0.5) is 17.5 Å². The molecule has 1 aromatic heterocycles. The minimum atomic E-state index is 0.533. The van der Waals surface area contributed by atoms with Crippen LogP contribution < -0.4 is 20.1 Å². The molecule has 1 fully saturated rings. The van der Waals surface area contributed by atoms with Gasteiger partial charge < -0.3 is 25.0 Å². The number of nitrogens with one attached hydrogen (secondary N) is 2. The Bertz CT molecular complexity index is 719. The average Bonchev–Trinajstić information content (AvgIpc) is 3.21. The Kier molecular flexibility index (Phi) is 7.10. The zero-order chi connectivity index (χ0) is 18.9. The molecular formula is C20H29N5O2. The largest absolute Gasteiger partial charge is 0.490 e. The van der Waals surface area contributed by atoms with E-state index in [1.807, 2.05) is 38.2 Å². The molecule has 7 heteroatoms. The number of ether oxygens (including phenoxy) is 2. The minimum Gasteiger partial charge on any atom is -0.490 e. The van der Waals surface area contributed by atoms with Crippen molar-refractivity contribution in [2.45, 2.75) is 26.2 Å². The first-order chi connectivity index (χ1) is 13.3. The van der Waals surface area contributed by atoms with E-state index in [-0.39, 0.29) is 0 Å². The van der Waals surface area contributed by atoms with Crippen LogP contribution in [0.5, 0.6) is 11.5 Å². The highest BCUT2D eigenvalue weighted by molar-refractivity contribution is 5.60. The summed E-state index contributed by atoms with van der Waals surface area (Å²) in [7, 11) is 1.83. The zero-order valence-corrected chi connectivity index (χ0v) is 16.2. The van der Waals surface area contributed by atoms with Crippen LogP contribution in [0.1, 0.15) is 26.2 Å². The van der Waals surface area contributed by atoms with Gasteiger partial charge in [0, 0.05) is 31.5 Å². The maximum Gasteiger partial charge on any atom is 0.229 e. The van der Waals surface area contributed by atoms with Crippen LogP contribution in [-0.4, -0.2) is 54.8 Å². The topological polar surface area (TPSA) is 71.5 Å². The highest BCUT2D eigenvalue weighted by Crippen LogP contribution is 2.31. The van der Waals surface area contributed by atoms with Crippen LogP contribution in [0.2, 0.25) is 0 Å². The second kappa shape index (κ2) is 9.97. The third-order valence-electron chi connectivity index (χ3n) is 4.49. The monoisotopic (exact) mass is 371 g/mol. The van der Waals surface area contributed by atoms with Gasteiger partial charge in [-0.2, -0.15) is 4.98 Å². The zero-order valence-electron chi connectivity index (χ0n) is 16.2. The van der Waals surface area contributed by atoms with Crippen LogP contribution in [0.3, 0.4) is 0 Å². The third-order valence-corrected chi connectivity index (χ3v) is 4.49. The summed E-state index contributed by atoms with van der Waals surface area (Å²) in [6.07, 6.45) is 5.36. The fourth-order valence-corrected chi connectivity index (χ4v) is 3.14. The summed E-state index contributed by atoms with van der Waals surface area (Å²) in [5.74, 6) is 2.80. The highest BCUT2D eigenvalue weighted by atomic mass is 16.5. The Morgan fingerprint density at radius 2 is 1.96 bits per heavy atom. The highest BCUT2D eigenvalue weighted by Gasteiger charge is 2.12. The lowest BCUT2D eigenvalue weighted by molar-refractivity contribution is 0.248. The molecule has 1 aliphatic rings. The second-order valence-corrected chi connectivity index (χ2v) is 6.49. The lowest BCUT2D eigenvalue weighted by Gasteiger charge is -2.16. The molecule has 0 aliphatic carbocycles. The summed E-state index contributed by atoms with van der Waals surface area (Å²) in [5.41, 5.74) is 0.862. The predicted molar refractivity (Wildman–Crippen MR) is 108 cm³/mol. The van der Waals surface area contributed by atoms with Crippen molar-refractivity contribution in [2.24, 2.45) is 0 Å². The molecular weight excluding hydrogens is 342 g/mol. The minimum absolute atomic E-state index is 0.533. The van der Waals surface area contributed by atoms with Gasteiger partial charge in [-0.1, -0.05) is 0 Å². The second-order valence-electron chi connectivity index (χ2n) is 6.49. The third kappa shape index (κ3) is 5.72. The predicted octanol–water partition coefficient (Wildman–Crippen LogP) is 3.53. The molecule has 2 aromatic rings. The maximum atomic E-state index is 6.03. The molecule has 0 amide bonds. The van der Waals surface area contributed by atoms with Gasteiger partial charge in [0.05, 0.1) is 13.2 Å². The summed E-state index contributed by atoms with van der Waals surface area (Å²) >= 11 is 0. The quantitative estimate of drug-likeness (QED) is 0.619. The van der Waals surface area contributed by atoms with E-state index in [9.17, 15) is 0 Å². The van der Waals surface area contributed by atoms with Gasteiger partial charge in [0.25, 0.3) is 0 Å². The number of hydrogen-bond donors (Lipinski definition) is 2. The first-order valence-corrected chi connectivity index (χ1v) is 9.68. The van der Waals surface area contributed by atoms with E-state index in [4.69, 9.17) is 9.47 Å². The number of aromatic nitrogens is 2. The molecule has 1 aliphatic heterocycles. The number of hydrogen-bond acceptors (Lipinski definition) is 7. The van der Waals surface area contributed by atoms with Gasteiger partial charge in [-0.05, 0) is 57.5 Å². The summed E-state index contributed by atoms with van der Waals surface area (Å²) in [6.45, 7) is 6.77. The molecule has 0 atom stereocenters. The maximum absolute atomic E-state index is 6.03. The summed E-state index contributed by atoms with van der Waals surface area (Å²) in [5, 5.41) is 6.23. The Hall–Kier alpha value is -2.54. The standard InChI is InChI=1S/C20H29N5O2/c1-3-26-17-8-7-16(23-20-22-10-9-19(21-2)24-20)15-18(17)27-14-6-13-25-11-4-5-12-25/h7-10,15H,3-6,11-14H2,1-2H3,(H2,21,22,23,24). The molecule has 0 radical (unpaired) electrons. The number of nitrogens with zero attached hydrogens (tertiary/aromatic N) is 3. The molecule has 0 saturated carbocycles. The molecule has 2 N–H and O–H groups in total. The number of benzene rings is 1. The van der Waals surface area contributed by atoms with E-state index in [2.05, 4.69) is 25.5 Å². The van der Waals surface area contributed by atoms with Crippen molar-refractivity contribution in [1.29, 1.82) is 0 Å². The van der Waals surface area contributed by atoms with Gasteiger partial charge in [-0.3, -0.25) is 0 Å². The summed E-state index contributed by atoms with van der Waals surface area (Å²) in [6, 6.07) is 7.62. The molecule has 2 heterocycles. The number of rotatable bonds is 10. The van der Waals surface area contributed by atoms with E-state index in [1.54, 1.807) is 6.20 Å². The summed E-state index contributed by atoms with van der Waals surface area (Å²) in [4.78, 5) is 11.1.